The molecule has 0 spiro atoms. The number of aryl methyl sites for hydroxylation is 1. The molecule has 0 amide bonds. The molecule has 0 radical (unpaired) electrons. The molecule has 6 heteroatoms. The van der Waals surface area contributed by atoms with Gasteiger partial charge in [0.25, 0.3) is 0 Å². The van der Waals surface area contributed by atoms with Crippen LogP contribution < -0.4 is 9.88 Å². The Morgan fingerprint density at radius 1 is 1.30 bits per heavy atom. The van der Waals surface area contributed by atoms with Crippen LogP contribution in [0.25, 0.3) is 0 Å². The van der Waals surface area contributed by atoms with Crippen molar-refractivity contribution in [3.63, 3.8) is 0 Å². The van der Waals surface area contributed by atoms with Gasteiger partial charge in [-0.15, -0.1) is 0 Å². The zero-order valence-electron chi connectivity index (χ0n) is 12.1. The van der Waals surface area contributed by atoms with Crippen molar-refractivity contribution in [2.24, 2.45) is 10.6 Å². The topological polar surface area (TPSA) is 69.4 Å². The zero-order chi connectivity index (χ0) is 15.4. The third-order valence-electron chi connectivity index (χ3n) is 3.68. The van der Waals surface area contributed by atoms with Crippen LogP contribution in [-0.4, -0.2) is 20.8 Å². The smallest absolute Gasteiger partial charge is 0.209 e. The van der Waals surface area contributed by atoms with Gasteiger partial charge in [-0.3, -0.25) is 0 Å². The summed E-state index contributed by atoms with van der Waals surface area (Å²) in [6, 6.07) is 4.26. The largest absolute Gasteiger partial charge is 0.493 e. The van der Waals surface area contributed by atoms with E-state index >= 15 is 0 Å². The van der Waals surface area contributed by atoms with Crippen molar-refractivity contribution < 1.29 is 17.5 Å². The summed E-state index contributed by atoms with van der Waals surface area (Å²) in [5, 5.41) is 5.16. The second kappa shape index (κ2) is 6.54. The van der Waals surface area contributed by atoms with Gasteiger partial charge >= 0.3 is 0 Å². The van der Waals surface area contributed by atoms with Gasteiger partial charge in [0.15, 0.2) is 0 Å². The van der Waals surface area contributed by atoms with Crippen molar-refractivity contribution in [2.75, 3.05) is 12.4 Å². The molecule has 0 saturated carbocycles. The first-order chi connectivity index (χ1) is 9.21. The molecule has 4 nitrogen and oxygen atoms in total. The van der Waals surface area contributed by atoms with Crippen LogP contribution >= 0.6 is 0 Å². The van der Waals surface area contributed by atoms with Gasteiger partial charge in [0, 0.05) is 5.41 Å². The van der Waals surface area contributed by atoms with E-state index in [1.54, 1.807) is 13.0 Å². The monoisotopic (exact) mass is 303 g/mol. The quantitative estimate of drug-likeness (QED) is 0.841. The number of rotatable bonds is 7. The lowest BCUT2D eigenvalue weighted by atomic mass is 9.85. The fraction of sp³-hybridized carbons (Fsp3) is 0.571. The highest BCUT2D eigenvalue weighted by atomic mass is 32.2. The number of sulfonamides is 1. The minimum atomic E-state index is -3.57. The minimum Gasteiger partial charge on any atom is -0.493 e. The van der Waals surface area contributed by atoms with Gasteiger partial charge in [-0.2, -0.15) is 0 Å². The van der Waals surface area contributed by atoms with Crippen molar-refractivity contribution >= 4 is 10.0 Å². The summed E-state index contributed by atoms with van der Waals surface area (Å²) in [4.78, 5) is 0. The van der Waals surface area contributed by atoms with Gasteiger partial charge in [0.1, 0.15) is 11.6 Å². The number of primary sulfonamides is 1. The Morgan fingerprint density at radius 2 is 1.90 bits per heavy atom. The number of benzene rings is 1. The molecule has 0 aliphatic rings. The average molecular weight is 303 g/mol. The number of hydrogen-bond acceptors (Lipinski definition) is 3. The van der Waals surface area contributed by atoms with Gasteiger partial charge in [-0.05, 0) is 43.5 Å². The molecule has 1 aromatic rings. The summed E-state index contributed by atoms with van der Waals surface area (Å²) in [5.41, 5.74) is 0.163. The van der Waals surface area contributed by atoms with E-state index in [1.807, 2.05) is 13.8 Å². The van der Waals surface area contributed by atoms with E-state index in [0.29, 0.717) is 24.2 Å². The summed E-state index contributed by atoms with van der Waals surface area (Å²) in [6.07, 6.45) is 1.28. The van der Waals surface area contributed by atoms with Crippen LogP contribution in [0.1, 0.15) is 32.3 Å². The fourth-order valence-electron chi connectivity index (χ4n) is 2.13. The van der Waals surface area contributed by atoms with E-state index < -0.39 is 15.4 Å². The van der Waals surface area contributed by atoms with E-state index in [1.165, 1.54) is 12.1 Å². The Hall–Kier alpha value is -1.14. The molecule has 0 saturated heterocycles. The van der Waals surface area contributed by atoms with Crippen molar-refractivity contribution in [1.29, 1.82) is 0 Å². The molecule has 1 rings (SSSR count). The van der Waals surface area contributed by atoms with E-state index in [-0.39, 0.29) is 18.2 Å². The van der Waals surface area contributed by atoms with Crippen LogP contribution in [0, 0.1) is 18.2 Å². The molecule has 0 aliphatic carbocycles. The molecular formula is C14H22FNO3S. The fourth-order valence-corrected chi connectivity index (χ4v) is 3.48. The lowest BCUT2D eigenvalue weighted by molar-refractivity contribution is 0.153. The van der Waals surface area contributed by atoms with Crippen LogP contribution in [0.5, 0.6) is 5.75 Å². The van der Waals surface area contributed by atoms with Crippen molar-refractivity contribution in [1.82, 2.24) is 0 Å². The third-order valence-corrected chi connectivity index (χ3v) is 4.69. The second-order valence-electron chi connectivity index (χ2n) is 5.21. The Morgan fingerprint density at radius 3 is 2.35 bits per heavy atom. The predicted molar refractivity (Wildman–Crippen MR) is 77.6 cm³/mol. The zero-order valence-corrected chi connectivity index (χ0v) is 13.0. The minimum absolute atomic E-state index is 0.118. The normalized spacial score (nSPS) is 12.4. The van der Waals surface area contributed by atoms with Gasteiger partial charge < -0.3 is 4.74 Å². The molecule has 2 N–H and O–H groups in total. The Bertz CT molecular complexity index is 554. The molecule has 0 heterocycles. The summed E-state index contributed by atoms with van der Waals surface area (Å²) in [7, 11) is -3.57. The van der Waals surface area contributed by atoms with Crippen LogP contribution in [-0.2, 0) is 10.0 Å². The number of hydrogen-bond donors (Lipinski definition) is 1. The maximum Gasteiger partial charge on any atom is 0.209 e. The molecule has 20 heavy (non-hydrogen) atoms. The molecule has 0 aliphatic heterocycles. The molecule has 0 aromatic heterocycles. The lowest BCUT2D eigenvalue weighted by Gasteiger charge is -2.30. The van der Waals surface area contributed by atoms with E-state index in [2.05, 4.69) is 0 Å². The third kappa shape index (κ3) is 4.76. The van der Waals surface area contributed by atoms with E-state index in [4.69, 9.17) is 9.88 Å². The van der Waals surface area contributed by atoms with Gasteiger partial charge in [0.05, 0.1) is 12.4 Å². The highest BCUT2D eigenvalue weighted by Gasteiger charge is 2.32. The van der Waals surface area contributed by atoms with E-state index in [0.717, 1.165) is 0 Å². The van der Waals surface area contributed by atoms with Gasteiger partial charge in [-0.1, -0.05) is 13.8 Å². The SMILES string of the molecule is CCC(CC)(COc1ccc(F)cc1C)CS(N)(=O)=O. The van der Waals surface area contributed by atoms with Crippen molar-refractivity contribution in [2.45, 2.75) is 33.6 Å². The summed E-state index contributed by atoms with van der Waals surface area (Å²) >= 11 is 0. The number of nitrogens with two attached hydrogens (primary N) is 1. The summed E-state index contributed by atoms with van der Waals surface area (Å²) in [5.74, 6) is 0.122. The van der Waals surface area contributed by atoms with Crippen LogP contribution in [0.2, 0.25) is 0 Å². The molecule has 1 aromatic carbocycles. The molecule has 114 valence electrons. The highest BCUT2D eigenvalue weighted by Crippen LogP contribution is 2.30. The maximum absolute atomic E-state index is 13.0. The molecule has 0 bridgehead atoms. The molecule has 0 unspecified atom stereocenters. The predicted octanol–water partition coefficient (Wildman–Crippen LogP) is 2.61. The molecular weight excluding hydrogens is 281 g/mol. The molecule has 0 fully saturated rings. The number of ether oxygens (including phenoxy) is 1. The van der Waals surface area contributed by atoms with Crippen LogP contribution in [0.15, 0.2) is 18.2 Å². The Labute approximate surface area is 120 Å². The maximum atomic E-state index is 13.0. The van der Waals surface area contributed by atoms with E-state index in [9.17, 15) is 12.8 Å². The Balaban J connectivity index is 2.86. The summed E-state index contributed by atoms with van der Waals surface area (Å²) < 4.78 is 41.4. The van der Waals surface area contributed by atoms with Gasteiger partial charge in [0.2, 0.25) is 10.0 Å². The lowest BCUT2D eigenvalue weighted by Crippen LogP contribution is -2.37. The Kier molecular flexibility index (Phi) is 5.53. The standard InChI is InChI=1S/C14H22FNO3S/c1-4-14(5-2,10-20(16,17)18)9-19-13-7-6-12(15)8-11(13)3/h6-8H,4-5,9-10H2,1-3H3,(H2,16,17,18). The summed E-state index contributed by atoms with van der Waals surface area (Å²) in [6.45, 7) is 5.81. The highest BCUT2D eigenvalue weighted by molar-refractivity contribution is 7.89. The average Bonchev–Trinajstić information content (AvgIpc) is 2.35. The first-order valence-corrected chi connectivity index (χ1v) is 8.32. The number of halogens is 1. The van der Waals surface area contributed by atoms with Crippen LogP contribution in [0.4, 0.5) is 4.39 Å². The first-order valence-electron chi connectivity index (χ1n) is 6.61. The van der Waals surface area contributed by atoms with Crippen LogP contribution in [0.3, 0.4) is 0 Å². The van der Waals surface area contributed by atoms with Gasteiger partial charge in [-0.25, -0.2) is 17.9 Å². The van der Waals surface area contributed by atoms with Crippen molar-refractivity contribution in [3.8, 4) is 5.75 Å². The molecule has 0 atom stereocenters. The second-order valence-corrected chi connectivity index (χ2v) is 6.83. The van der Waals surface area contributed by atoms with Crippen molar-refractivity contribution in [3.05, 3.63) is 29.6 Å². The first kappa shape index (κ1) is 16.9.